The number of hydrogen-bond acceptors (Lipinski definition) is 2. The van der Waals surface area contributed by atoms with Gasteiger partial charge in [-0.3, -0.25) is 4.79 Å². The van der Waals surface area contributed by atoms with E-state index >= 15 is 0 Å². The van der Waals surface area contributed by atoms with Crippen LogP contribution in [0.2, 0.25) is 0 Å². The molecule has 0 fully saturated rings. The molecule has 0 aliphatic carbocycles. The van der Waals surface area contributed by atoms with Crippen molar-refractivity contribution in [3.05, 3.63) is 35.4 Å². The zero-order chi connectivity index (χ0) is 14.5. The maximum atomic E-state index is 12.1. The normalized spacial score (nSPS) is 11.7. The maximum absolute atomic E-state index is 12.1. The van der Waals surface area contributed by atoms with Gasteiger partial charge in [-0.05, 0) is 35.4 Å². The Hall–Kier alpha value is -1.35. The fourth-order valence-electron chi connectivity index (χ4n) is 2.44. The van der Waals surface area contributed by atoms with E-state index in [1.54, 1.807) is 0 Å². The third-order valence-electron chi connectivity index (χ3n) is 3.11. The zero-order valence-electron chi connectivity index (χ0n) is 12.5. The third-order valence-corrected chi connectivity index (χ3v) is 3.11. The summed E-state index contributed by atoms with van der Waals surface area (Å²) in [6.45, 7) is 9.92. The van der Waals surface area contributed by atoms with Gasteiger partial charge in [-0.15, -0.1) is 0 Å². The van der Waals surface area contributed by atoms with Crippen LogP contribution in [0.25, 0.3) is 0 Å². The zero-order valence-corrected chi connectivity index (χ0v) is 12.5. The van der Waals surface area contributed by atoms with Crippen molar-refractivity contribution in [1.29, 1.82) is 0 Å². The molecule has 106 valence electrons. The molecule has 0 saturated heterocycles. The van der Waals surface area contributed by atoms with E-state index < -0.39 is 0 Å². The molecule has 0 spiro atoms. The lowest BCUT2D eigenvalue weighted by Crippen LogP contribution is -2.34. The van der Waals surface area contributed by atoms with Gasteiger partial charge in [0.2, 0.25) is 0 Å². The number of hydrogen-bond donors (Lipinski definition) is 2. The summed E-state index contributed by atoms with van der Waals surface area (Å²) in [6.07, 6.45) is 1.09. The quantitative estimate of drug-likeness (QED) is 0.828. The molecule has 3 heteroatoms. The summed E-state index contributed by atoms with van der Waals surface area (Å²) in [5.41, 5.74) is 7.37. The molecule has 0 saturated carbocycles. The largest absolute Gasteiger partial charge is 0.352 e. The van der Waals surface area contributed by atoms with Crippen LogP contribution in [0.15, 0.2) is 24.3 Å². The molecule has 0 aliphatic rings. The molecule has 0 atom stereocenters. The Balaban J connectivity index is 2.60. The fraction of sp³-hybridized carbons (Fsp3) is 0.562. The second-order valence-electron chi connectivity index (χ2n) is 6.35. The van der Waals surface area contributed by atoms with E-state index in [1.165, 1.54) is 0 Å². The van der Waals surface area contributed by atoms with Crippen molar-refractivity contribution in [2.75, 3.05) is 6.54 Å². The maximum Gasteiger partial charge on any atom is 0.251 e. The molecule has 19 heavy (non-hydrogen) atoms. The van der Waals surface area contributed by atoms with Crippen LogP contribution < -0.4 is 11.1 Å². The highest BCUT2D eigenvalue weighted by Gasteiger charge is 2.20. The van der Waals surface area contributed by atoms with Crippen LogP contribution in [0.3, 0.4) is 0 Å². The molecule has 0 aliphatic heterocycles. The van der Waals surface area contributed by atoms with Crippen LogP contribution in [0.4, 0.5) is 0 Å². The first-order valence-electron chi connectivity index (χ1n) is 6.91. The Bertz CT molecular complexity index is 425. The molecule has 0 aromatic heterocycles. The third kappa shape index (κ3) is 5.43. The van der Waals surface area contributed by atoms with Crippen LogP contribution in [-0.4, -0.2) is 12.5 Å². The summed E-state index contributed by atoms with van der Waals surface area (Å²) >= 11 is 0. The van der Waals surface area contributed by atoms with E-state index in [4.69, 9.17) is 5.73 Å². The predicted molar refractivity (Wildman–Crippen MR) is 79.9 cm³/mol. The number of nitrogens with one attached hydrogen (secondary N) is 1. The lowest BCUT2D eigenvalue weighted by molar-refractivity contribution is 0.0931. The first-order valence-corrected chi connectivity index (χ1v) is 6.91. The molecule has 3 nitrogen and oxygen atoms in total. The van der Waals surface area contributed by atoms with Gasteiger partial charge < -0.3 is 11.1 Å². The summed E-state index contributed by atoms with van der Waals surface area (Å²) in [7, 11) is 0. The van der Waals surface area contributed by atoms with Crippen LogP contribution in [0, 0.1) is 11.3 Å². The van der Waals surface area contributed by atoms with E-state index in [1.807, 2.05) is 24.3 Å². The van der Waals surface area contributed by atoms with Crippen LogP contribution >= 0.6 is 0 Å². The van der Waals surface area contributed by atoms with Gasteiger partial charge in [-0.2, -0.15) is 0 Å². The van der Waals surface area contributed by atoms with Gasteiger partial charge in [0.25, 0.3) is 5.91 Å². The van der Waals surface area contributed by atoms with Crippen molar-refractivity contribution in [2.45, 2.75) is 40.7 Å². The van der Waals surface area contributed by atoms with Gasteiger partial charge in [0, 0.05) is 18.7 Å². The molecule has 0 unspecified atom stereocenters. The second-order valence-corrected chi connectivity index (χ2v) is 6.35. The molecule has 1 aromatic rings. The first kappa shape index (κ1) is 15.7. The van der Waals surface area contributed by atoms with Gasteiger partial charge in [0.05, 0.1) is 0 Å². The summed E-state index contributed by atoms with van der Waals surface area (Å²) < 4.78 is 0. The van der Waals surface area contributed by atoms with Crippen molar-refractivity contribution in [3.63, 3.8) is 0 Å². The van der Waals surface area contributed by atoms with Gasteiger partial charge in [0.15, 0.2) is 0 Å². The summed E-state index contributed by atoms with van der Waals surface area (Å²) in [5.74, 6) is 0.611. The monoisotopic (exact) mass is 262 g/mol. The smallest absolute Gasteiger partial charge is 0.251 e. The van der Waals surface area contributed by atoms with Crippen LogP contribution in [0.5, 0.6) is 0 Å². The lowest BCUT2D eigenvalue weighted by Gasteiger charge is -2.27. The van der Waals surface area contributed by atoms with Gasteiger partial charge >= 0.3 is 0 Å². The Kier molecular flexibility index (Phi) is 5.55. The fourth-order valence-corrected chi connectivity index (χ4v) is 2.44. The van der Waals surface area contributed by atoms with E-state index in [0.717, 1.165) is 12.0 Å². The van der Waals surface area contributed by atoms with Gasteiger partial charge in [-0.25, -0.2) is 0 Å². The molecule has 1 rings (SSSR count). The molecule has 0 radical (unpaired) electrons. The molecule has 0 bridgehead atoms. The average Bonchev–Trinajstić information content (AvgIpc) is 2.34. The topological polar surface area (TPSA) is 55.1 Å². The highest BCUT2D eigenvalue weighted by atomic mass is 16.1. The summed E-state index contributed by atoms with van der Waals surface area (Å²) in [5, 5.41) is 3.02. The highest BCUT2D eigenvalue weighted by Crippen LogP contribution is 2.24. The van der Waals surface area contributed by atoms with Crippen molar-refractivity contribution < 1.29 is 4.79 Å². The van der Waals surface area contributed by atoms with E-state index in [-0.39, 0.29) is 11.3 Å². The van der Waals surface area contributed by atoms with E-state index in [0.29, 0.717) is 24.6 Å². The number of nitrogens with two attached hydrogens (primary N) is 1. The summed E-state index contributed by atoms with van der Waals surface area (Å²) in [6, 6.07) is 7.48. The van der Waals surface area contributed by atoms with Crippen LogP contribution in [0.1, 0.15) is 50.0 Å². The predicted octanol–water partition coefficient (Wildman–Crippen LogP) is 2.95. The summed E-state index contributed by atoms with van der Waals surface area (Å²) in [4.78, 5) is 12.1. The molecule has 3 N–H and O–H groups in total. The molecule has 0 heterocycles. The first-order chi connectivity index (χ1) is 8.84. The van der Waals surface area contributed by atoms with Crippen molar-refractivity contribution in [2.24, 2.45) is 17.1 Å². The highest BCUT2D eigenvalue weighted by molar-refractivity contribution is 5.94. The average molecular weight is 262 g/mol. The number of carbonyl (C=O) groups excluding carboxylic acids is 1. The van der Waals surface area contributed by atoms with Crippen molar-refractivity contribution in [3.8, 4) is 0 Å². The molecule has 1 aromatic carbocycles. The SMILES string of the molecule is CC(C)CC(C)(C)CNC(=O)c1cccc(CN)c1. The molecular weight excluding hydrogens is 236 g/mol. The minimum Gasteiger partial charge on any atom is -0.352 e. The Morgan fingerprint density at radius 2 is 2.05 bits per heavy atom. The number of benzene rings is 1. The second kappa shape index (κ2) is 6.71. The van der Waals surface area contributed by atoms with E-state index in [2.05, 4.69) is 33.0 Å². The van der Waals surface area contributed by atoms with E-state index in [9.17, 15) is 4.79 Å². The van der Waals surface area contributed by atoms with Gasteiger partial charge in [0.1, 0.15) is 0 Å². The minimum atomic E-state index is -0.0212. The number of rotatable bonds is 6. The number of amides is 1. The minimum absolute atomic E-state index is 0.0212. The van der Waals surface area contributed by atoms with Gasteiger partial charge in [-0.1, -0.05) is 39.8 Å². The molecule has 1 amide bonds. The van der Waals surface area contributed by atoms with Crippen molar-refractivity contribution in [1.82, 2.24) is 5.32 Å². The standard InChI is InChI=1S/C16H26N2O/c1-12(2)9-16(3,4)11-18-15(19)14-7-5-6-13(8-14)10-17/h5-8,12H,9-11,17H2,1-4H3,(H,18,19). The number of carbonyl (C=O) groups is 1. The Morgan fingerprint density at radius 1 is 1.37 bits per heavy atom. The lowest BCUT2D eigenvalue weighted by atomic mass is 9.84. The van der Waals surface area contributed by atoms with Crippen LogP contribution in [-0.2, 0) is 6.54 Å². The molecular formula is C16H26N2O. The Morgan fingerprint density at radius 3 is 2.63 bits per heavy atom. The Labute approximate surface area is 116 Å². The van der Waals surface area contributed by atoms with Crippen molar-refractivity contribution >= 4 is 5.91 Å².